The molecule has 1 aliphatic heterocycles. The molecule has 1 heterocycles. The van der Waals surface area contributed by atoms with Gasteiger partial charge >= 0.3 is 14.5 Å². The zero-order valence-electron chi connectivity index (χ0n) is 17.3. The van der Waals surface area contributed by atoms with Gasteiger partial charge in [0.05, 0.1) is 0 Å². The number of cyclic esters (lactones) is 1. The molecule has 1 aliphatic carbocycles. The fourth-order valence-electron chi connectivity index (χ4n) is 4.89. The zero-order chi connectivity index (χ0) is 18.9. The van der Waals surface area contributed by atoms with Gasteiger partial charge in [0.25, 0.3) is 0 Å². The Morgan fingerprint density at radius 3 is 2.12 bits per heavy atom. The molecule has 0 aromatic rings. The Bertz CT molecular complexity index is 477. The van der Waals surface area contributed by atoms with E-state index in [4.69, 9.17) is 13.0 Å². The van der Waals surface area contributed by atoms with Crippen LogP contribution < -0.4 is 0 Å². The fourth-order valence-corrected chi connectivity index (χ4v) is 20.7. The van der Waals surface area contributed by atoms with Gasteiger partial charge in [-0.05, 0) is 58.5 Å². The van der Waals surface area contributed by atoms with E-state index in [1.165, 1.54) is 44.6 Å². The van der Waals surface area contributed by atoms with Crippen molar-refractivity contribution in [3.8, 4) is 0 Å². The molecule has 1 saturated carbocycles. The second-order valence-corrected chi connectivity index (χ2v) is 21.6. The van der Waals surface area contributed by atoms with E-state index < -0.39 is 25.2 Å². The molecule has 0 amide bonds. The minimum atomic E-state index is -2.35. The lowest BCUT2D eigenvalue weighted by Gasteiger charge is -2.49. The first-order valence-corrected chi connectivity index (χ1v) is 18.6. The Morgan fingerprint density at radius 2 is 1.64 bits per heavy atom. The Balaban J connectivity index is 2.22. The first kappa shape index (κ1) is 21.3. The van der Waals surface area contributed by atoms with E-state index in [2.05, 4.69) is 39.7 Å². The molecular formula is C18H38O4Si3. The summed E-state index contributed by atoms with van der Waals surface area (Å²) >= 11 is 0. The summed E-state index contributed by atoms with van der Waals surface area (Å²) in [7, 11) is -6.29. The smallest absolute Gasteiger partial charge is 0.317 e. The SMILES string of the molecule is CCC[Si](C)(C)O[Si](C)(O[Si](C)(C)C1C(=O)OC1C)C1CCCCC1. The highest BCUT2D eigenvalue weighted by Gasteiger charge is 2.57. The maximum absolute atomic E-state index is 12.1. The van der Waals surface area contributed by atoms with Crippen molar-refractivity contribution in [2.45, 2.75) is 108 Å². The molecule has 146 valence electrons. The summed E-state index contributed by atoms with van der Waals surface area (Å²) in [5.74, 6) is -0.0609. The van der Waals surface area contributed by atoms with Gasteiger partial charge in [-0.15, -0.1) is 0 Å². The summed E-state index contributed by atoms with van der Waals surface area (Å²) in [6.07, 6.45) is 7.55. The highest BCUT2D eigenvalue weighted by molar-refractivity contribution is 6.90. The van der Waals surface area contributed by atoms with Gasteiger partial charge in [-0.25, -0.2) is 0 Å². The van der Waals surface area contributed by atoms with Crippen molar-refractivity contribution in [3.63, 3.8) is 0 Å². The lowest BCUT2D eigenvalue weighted by Crippen LogP contribution is -2.62. The molecule has 0 radical (unpaired) electrons. The first-order chi connectivity index (χ1) is 11.5. The highest BCUT2D eigenvalue weighted by atomic mass is 28.5. The van der Waals surface area contributed by atoms with E-state index >= 15 is 0 Å². The zero-order valence-corrected chi connectivity index (χ0v) is 20.3. The van der Waals surface area contributed by atoms with Gasteiger partial charge in [0.2, 0.25) is 0 Å². The average molecular weight is 403 g/mol. The molecule has 3 unspecified atom stereocenters. The molecule has 0 aromatic heterocycles. The quantitative estimate of drug-likeness (QED) is 0.394. The monoisotopic (exact) mass is 402 g/mol. The van der Waals surface area contributed by atoms with Gasteiger partial charge in [0, 0.05) is 5.54 Å². The van der Waals surface area contributed by atoms with Crippen LogP contribution in [0.15, 0.2) is 0 Å². The summed E-state index contributed by atoms with van der Waals surface area (Å²) in [6, 6.07) is 1.18. The van der Waals surface area contributed by atoms with E-state index in [0.29, 0.717) is 5.54 Å². The van der Waals surface area contributed by atoms with Crippen LogP contribution >= 0.6 is 0 Å². The van der Waals surface area contributed by atoms with Crippen molar-refractivity contribution in [2.24, 2.45) is 0 Å². The lowest BCUT2D eigenvalue weighted by molar-refractivity contribution is -0.168. The molecular weight excluding hydrogens is 364 g/mol. The molecule has 25 heavy (non-hydrogen) atoms. The molecule has 1 saturated heterocycles. The predicted molar refractivity (Wildman–Crippen MR) is 110 cm³/mol. The fraction of sp³-hybridized carbons (Fsp3) is 0.944. The summed E-state index contributed by atoms with van der Waals surface area (Å²) in [5.41, 5.74) is 0.533. The number of ether oxygens (including phenoxy) is 1. The van der Waals surface area contributed by atoms with Crippen LogP contribution in [0.2, 0.25) is 49.9 Å². The van der Waals surface area contributed by atoms with Gasteiger partial charge in [-0.2, -0.15) is 0 Å². The third-order valence-electron chi connectivity index (χ3n) is 5.92. The predicted octanol–water partition coefficient (Wildman–Crippen LogP) is 5.56. The van der Waals surface area contributed by atoms with Crippen molar-refractivity contribution in [1.82, 2.24) is 0 Å². The second-order valence-electron chi connectivity index (χ2n) is 9.29. The normalized spacial score (nSPS) is 28.2. The van der Waals surface area contributed by atoms with Gasteiger partial charge in [0.15, 0.2) is 16.6 Å². The van der Waals surface area contributed by atoms with E-state index in [0.717, 1.165) is 0 Å². The maximum Gasteiger partial charge on any atom is 0.317 e. The van der Waals surface area contributed by atoms with Crippen LogP contribution in [0.3, 0.4) is 0 Å². The van der Waals surface area contributed by atoms with Gasteiger partial charge in [-0.1, -0.05) is 32.6 Å². The van der Waals surface area contributed by atoms with E-state index in [9.17, 15) is 4.79 Å². The van der Waals surface area contributed by atoms with E-state index in [-0.39, 0.29) is 17.6 Å². The molecule has 0 spiro atoms. The number of esters is 1. The number of carbonyl (C=O) groups excluding carboxylic acids is 1. The first-order valence-electron chi connectivity index (χ1n) is 10.1. The number of rotatable bonds is 8. The Kier molecular flexibility index (Phi) is 6.80. The van der Waals surface area contributed by atoms with Crippen molar-refractivity contribution >= 4 is 31.2 Å². The van der Waals surface area contributed by atoms with Crippen molar-refractivity contribution in [2.75, 3.05) is 0 Å². The molecule has 0 bridgehead atoms. The molecule has 2 aliphatic rings. The largest absolute Gasteiger partial charge is 0.462 e. The summed E-state index contributed by atoms with van der Waals surface area (Å²) < 4.78 is 19.2. The molecule has 3 atom stereocenters. The van der Waals surface area contributed by atoms with Crippen LogP contribution in [0.5, 0.6) is 0 Å². The molecule has 2 rings (SSSR count). The minimum absolute atomic E-state index is 0.000306. The van der Waals surface area contributed by atoms with Crippen LogP contribution in [0, 0.1) is 0 Å². The van der Waals surface area contributed by atoms with E-state index in [1.807, 2.05) is 6.92 Å². The Hall–Kier alpha value is 0.0406. The number of hydrogen-bond acceptors (Lipinski definition) is 4. The molecule has 7 heteroatoms. The van der Waals surface area contributed by atoms with E-state index in [1.54, 1.807) is 0 Å². The van der Waals surface area contributed by atoms with Gasteiger partial charge < -0.3 is 13.0 Å². The maximum atomic E-state index is 12.1. The minimum Gasteiger partial charge on any atom is -0.462 e. The molecule has 4 nitrogen and oxygen atoms in total. The number of carbonyl (C=O) groups is 1. The summed E-state index contributed by atoms with van der Waals surface area (Å²) in [4.78, 5) is 12.1. The van der Waals surface area contributed by atoms with Crippen molar-refractivity contribution in [1.29, 1.82) is 0 Å². The Labute approximate surface area is 157 Å². The Morgan fingerprint density at radius 1 is 1.04 bits per heavy atom. The average Bonchev–Trinajstić information content (AvgIpc) is 2.45. The van der Waals surface area contributed by atoms with Crippen LogP contribution in [-0.4, -0.2) is 37.3 Å². The van der Waals surface area contributed by atoms with Crippen LogP contribution in [0.1, 0.15) is 52.4 Å². The van der Waals surface area contributed by atoms with Crippen LogP contribution in [0.4, 0.5) is 0 Å². The van der Waals surface area contributed by atoms with Gasteiger partial charge in [0.1, 0.15) is 11.6 Å². The second kappa shape index (κ2) is 7.96. The number of hydrogen-bond donors (Lipinski definition) is 0. The summed E-state index contributed by atoms with van der Waals surface area (Å²) in [5, 5.41) is 0. The van der Waals surface area contributed by atoms with Crippen LogP contribution in [0.25, 0.3) is 0 Å². The third kappa shape index (κ3) is 5.06. The van der Waals surface area contributed by atoms with Gasteiger partial charge in [-0.3, -0.25) is 4.79 Å². The molecule has 0 aromatic carbocycles. The van der Waals surface area contributed by atoms with Crippen molar-refractivity contribution < 1.29 is 17.8 Å². The van der Waals surface area contributed by atoms with Crippen molar-refractivity contribution in [3.05, 3.63) is 0 Å². The standard InChI is InChI=1S/C18H38O4Si3/c1-8-14-23(3,4)21-25(7,16-12-10-9-11-13-16)22-24(5,6)17-15(2)20-18(17)19/h15-17H,8-14H2,1-7H3. The lowest BCUT2D eigenvalue weighted by atomic mass is 10.0. The summed E-state index contributed by atoms with van der Waals surface area (Å²) in [6.45, 7) is 15.6. The molecule has 0 N–H and O–H groups in total. The topological polar surface area (TPSA) is 44.8 Å². The third-order valence-corrected chi connectivity index (χ3v) is 19.4. The highest BCUT2D eigenvalue weighted by Crippen LogP contribution is 2.45. The molecule has 2 fully saturated rings. The van der Waals surface area contributed by atoms with Crippen LogP contribution in [-0.2, 0) is 17.8 Å².